The lowest BCUT2D eigenvalue weighted by atomic mass is 10.1. The molecule has 0 aromatic heterocycles. The number of hydrogen-bond donors (Lipinski definition) is 3. The minimum atomic E-state index is -4.45. The number of halogens is 3. The summed E-state index contributed by atoms with van der Waals surface area (Å²) in [5, 5.41) is 5.54. The Hall–Kier alpha value is -3.86. The minimum Gasteiger partial charge on any atom is -0.379 e. The molecule has 0 saturated carbocycles. The maximum Gasteiger partial charge on any atom is 0.416 e. The quantitative estimate of drug-likeness (QED) is 0.455. The Balaban J connectivity index is 1.81. The Labute approximate surface area is 194 Å². The van der Waals surface area contributed by atoms with E-state index in [4.69, 9.17) is 0 Å². The van der Waals surface area contributed by atoms with Crippen LogP contribution in [0.4, 0.5) is 24.5 Å². The first-order valence-corrected chi connectivity index (χ1v) is 11.4. The summed E-state index contributed by atoms with van der Waals surface area (Å²) >= 11 is 0. The topological polar surface area (TPSA) is 104 Å². The Morgan fingerprint density at radius 3 is 2.12 bits per heavy atom. The first-order chi connectivity index (χ1) is 16.0. The van der Waals surface area contributed by atoms with Crippen LogP contribution in [0.5, 0.6) is 0 Å². The second kappa shape index (κ2) is 9.96. The average molecular weight is 491 g/mol. The van der Waals surface area contributed by atoms with Crippen LogP contribution >= 0.6 is 0 Å². The fourth-order valence-electron chi connectivity index (χ4n) is 2.98. The lowest BCUT2D eigenvalue weighted by Gasteiger charge is -2.15. The zero-order chi connectivity index (χ0) is 24.9. The van der Waals surface area contributed by atoms with Crippen molar-refractivity contribution in [1.82, 2.24) is 4.72 Å². The molecule has 178 valence electrons. The van der Waals surface area contributed by atoms with Crippen molar-refractivity contribution in [3.63, 3.8) is 0 Å². The molecule has 3 aromatic rings. The van der Waals surface area contributed by atoms with Crippen LogP contribution in [0.25, 0.3) is 0 Å². The van der Waals surface area contributed by atoms with Gasteiger partial charge in [-0.15, -0.1) is 0 Å². The average Bonchev–Trinajstić information content (AvgIpc) is 2.78. The fourth-order valence-corrected chi connectivity index (χ4v) is 3.97. The monoisotopic (exact) mass is 491 g/mol. The van der Waals surface area contributed by atoms with E-state index in [0.29, 0.717) is 11.3 Å². The molecule has 0 fully saturated rings. The van der Waals surface area contributed by atoms with Crippen LogP contribution in [0, 0.1) is 0 Å². The highest BCUT2D eigenvalue weighted by molar-refractivity contribution is 7.90. The van der Waals surface area contributed by atoms with Crippen LogP contribution in [0.2, 0.25) is 0 Å². The molecule has 0 bridgehead atoms. The molecular weight excluding hydrogens is 471 g/mol. The number of carbonyl (C=O) groups is 2. The summed E-state index contributed by atoms with van der Waals surface area (Å²) in [4.78, 5) is 24.1. The van der Waals surface area contributed by atoms with Crippen LogP contribution in [0.3, 0.4) is 0 Å². The molecule has 3 rings (SSSR count). The fraction of sp³-hybridized carbons (Fsp3) is 0.130. The number of rotatable bonds is 7. The van der Waals surface area contributed by atoms with Gasteiger partial charge < -0.3 is 10.6 Å². The number of amides is 2. The number of hydrogen-bond acceptors (Lipinski definition) is 5. The number of anilines is 2. The molecule has 0 heterocycles. The van der Waals surface area contributed by atoms with Crippen molar-refractivity contribution >= 4 is 33.2 Å². The van der Waals surface area contributed by atoms with E-state index in [0.717, 1.165) is 12.1 Å². The largest absolute Gasteiger partial charge is 0.416 e. The van der Waals surface area contributed by atoms with E-state index in [2.05, 4.69) is 10.6 Å². The molecule has 0 aliphatic carbocycles. The van der Waals surface area contributed by atoms with Gasteiger partial charge in [0.15, 0.2) is 0 Å². The molecule has 7 nitrogen and oxygen atoms in total. The van der Waals surface area contributed by atoms with Crippen LogP contribution in [0.1, 0.15) is 28.4 Å². The Morgan fingerprint density at radius 2 is 1.53 bits per heavy atom. The molecule has 0 radical (unpaired) electrons. The molecule has 3 N–H and O–H groups in total. The van der Waals surface area contributed by atoms with Crippen molar-refractivity contribution in [2.45, 2.75) is 24.5 Å². The molecule has 3 aromatic carbocycles. The summed E-state index contributed by atoms with van der Waals surface area (Å²) in [5.41, 5.74) is 0.307. The van der Waals surface area contributed by atoms with E-state index in [1.807, 2.05) is 4.72 Å². The summed E-state index contributed by atoms with van der Waals surface area (Å²) in [6.07, 6.45) is -4.45. The lowest BCUT2D eigenvalue weighted by molar-refractivity contribution is -0.137. The number of sulfonamides is 1. The smallest absolute Gasteiger partial charge is 0.379 e. The van der Waals surface area contributed by atoms with Gasteiger partial charge in [-0.05, 0) is 48.0 Å². The Morgan fingerprint density at radius 1 is 0.882 bits per heavy atom. The van der Waals surface area contributed by atoms with E-state index in [-0.39, 0.29) is 28.6 Å². The van der Waals surface area contributed by atoms with E-state index >= 15 is 0 Å². The SMILES string of the molecule is CC(=O)Nc1ccc(C(=O)NS(=O)(=O)c2ccccc2)cc1NCc1ccc(C(F)(F)F)cc1. The van der Waals surface area contributed by atoms with Gasteiger partial charge >= 0.3 is 6.18 Å². The summed E-state index contributed by atoms with van der Waals surface area (Å²) in [5.74, 6) is -1.28. The zero-order valence-electron chi connectivity index (χ0n) is 17.8. The molecule has 0 atom stereocenters. The van der Waals surface area contributed by atoms with Gasteiger partial charge in [0.05, 0.1) is 21.8 Å². The Bertz CT molecular complexity index is 1290. The highest BCUT2D eigenvalue weighted by Crippen LogP contribution is 2.29. The first-order valence-electron chi connectivity index (χ1n) is 9.89. The lowest BCUT2D eigenvalue weighted by Crippen LogP contribution is -2.30. The predicted molar refractivity (Wildman–Crippen MR) is 121 cm³/mol. The van der Waals surface area contributed by atoms with E-state index in [1.165, 1.54) is 61.5 Å². The number of carbonyl (C=O) groups excluding carboxylic acids is 2. The summed E-state index contributed by atoms with van der Waals surface area (Å²) in [6, 6.07) is 15.9. The molecule has 34 heavy (non-hydrogen) atoms. The molecule has 2 amide bonds. The van der Waals surface area contributed by atoms with Gasteiger partial charge in [0.2, 0.25) is 5.91 Å². The van der Waals surface area contributed by atoms with Gasteiger partial charge in [-0.3, -0.25) is 9.59 Å². The van der Waals surface area contributed by atoms with Gasteiger partial charge in [-0.1, -0.05) is 30.3 Å². The molecule has 0 spiro atoms. The summed E-state index contributed by atoms with van der Waals surface area (Å²) in [7, 11) is -4.10. The molecule has 0 aliphatic rings. The Kier molecular flexibility index (Phi) is 7.26. The molecule has 0 saturated heterocycles. The van der Waals surface area contributed by atoms with Crippen LogP contribution in [0.15, 0.2) is 77.7 Å². The van der Waals surface area contributed by atoms with Gasteiger partial charge in [-0.2, -0.15) is 13.2 Å². The van der Waals surface area contributed by atoms with E-state index in [9.17, 15) is 31.2 Å². The molecule has 0 aliphatic heterocycles. The van der Waals surface area contributed by atoms with Crippen molar-refractivity contribution in [2.75, 3.05) is 10.6 Å². The van der Waals surface area contributed by atoms with Crippen LogP contribution < -0.4 is 15.4 Å². The highest BCUT2D eigenvalue weighted by Gasteiger charge is 2.29. The second-order valence-corrected chi connectivity index (χ2v) is 8.92. The van der Waals surface area contributed by atoms with E-state index < -0.39 is 27.7 Å². The van der Waals surface area contributed by atoms with Crippen LogP contribution in [-0.2, 0) is 27.5 Å². The number of alkyl halides is 3. The maximum absolute atomic E-state index is 12.8. The molecule has 11 heteroatoms. The number of nitrogens with one attached hydrogen (secondary N) is 3. The third kappa shape index (κ3) is 6.35. The number of benzene rings is 3. The van der Waals surface area contributed by atoms with Gasteiger partial charge in [0, 0.05) is 19.0 Å². The van der Waals surface area contributed by atoms with Crippen molar-refractivity contribution in [2.24, 2.45) is 0 Å². The van der Waals surface area contributed by atoms with Crippen molar-refractivity contribution in [3.05, 3.63) is 89.5 Å². The predicted octanol–water partition coefficient (Wildman–Crippen LogP) is 4.39. The standard InChI is InChI=1S/C23H20F3N3O4S/c1-15(30)28-20-12-9-17(22(31)29-34(32,33)19-5-3-2-4-6-19)13-21(20)27-14-16-7-10-18(11-8-16)23(24,25)26/h2-13,27H,14H2,1H3,(H,28,30)(H,29,31). The zero-order valence-corrected chi connectivity index (χ0v) is 18.6. The first kappa shape index (κ1) is 24.8. The molecular formula is C23H20F3N3O4S. The summed E-state index contributed by atoms with van der Waals surface area (Å²) in [6.45, 7) is 1.37. The van der Waals surface area contributed by atoms with Crippen molar-refractivity contribution in [3.8, 4) is 0 Å². The second-order valence-electron chi connectivity index (χ2n) is 7.24. The third-order valence-corrected chi connectivity index (χ3v) is 5.98. The maximum atomic E-state index is 12.8. The van der Waals surface area contributed by atoms with E-state index in [1.54, 1.807) is 6.07 Å². The summed E-state index contributed by atoms with van der Waals surface area (Å²) < 4.78 is 65.1. The molecule has 0 unspecified atom stereocenters. The normalized spacial score (nSPS) is 11.5. The highest BCUT2D eigenvalue weighted by atomic mass is 32.2. The van der Waals surface area contributed by atoms with Crippen molar-refractivity contribution in [1.29, 1.82) is 0 Å². The third-order valence-electron chi connectivity index (χ3n) is 4.64. The minimum absolute atomic E-state index is 0.0106. The van der Waals surface area contributed by atoms with Gasteiger partial charge in [0.1, 0.15) is 0 Å². The van der Waals surface area contributed by atoms with Gasteiger partial charge in [-0.25, -0.2) is 13.1 Å². The van der Waals surface area contributed by atoms with Crippen molar-refractivity contribution < 1.29 is 31.2 Å². The van der Waals surface area contributed by atoms with Gasteiger partial charge in [0.25, 0.3) is 15.9 Å². The van der Waals surface area contributed by atoms with Crippen LogP contribution in [-0.4, -0.2) is 20.2 Å².